The molecular weight excluding hydrogens is 497 g/mol. The summed E-state index contributed by atoms with van der Waals surface area (Å²) in [6, 6.07) is 1.16. The molecule has 0 aromatic rings. The summed E-state index contributed by atoms with van der Waals surface area (Å²) in [7, 11) is -7.13. The summed E-state index contributed by atoms with van der Waals surface area (Å²) in [5.74, 6) is 0. The molecule has 2 atom stereocenters. The van der Waals surface area contributed by atoms with E-state index in [9.17, 15) is 0 Å². The Morgan fingerprint density at radius 2 is 1.25 bits per heavy atom. The van der Waals surface area contributed by atoms with Crippen LogP contribution in [-0.2, 0) is 17.1 Å². The van der Waals surface area contributed by atoms with Crippen molar-refractivity contribution in [2.75, 3.05) is 12.5 Å². The van der Waals surface area contributed by atoms with Gasteiger partial charge < -0.3 is 17.1 Å². The fourth-order valence-corrected chi connectivity index (χ4v) is 19.1. The molecule has 0 fully saturated rings. The van der Waals surface area contributed by atoms with Gasteiger partial charge in [0.1, 0.15) is 0 Å². The van der Waals surface area contributed by atoms with E-state index in [0.717, 1.165) is 24.9 Å². The summed E-state index contributed by atoms with van der Waals surface area (Å²) >= 11 is 0. The normalized spacial score (nSPS) is 14.8. The highest BCUT2D eigenvalue weighted by molar-refractivity contribution is 6.82. The van der Waals surface area contributed by atoms with Crippen LogP contribution in [0.4, 0.5) is 0 Å². The van der Waals surface area contributed by atoms with Gasteiger partial charge in [-0.3, -0.25) is 0 Å². The van der Waals surface area contributed by atoms with Gasteiger partial charge in [0.15, 0.2) is 16.6 Å². The largest absolute Gasteiger partial charge is 0.438 e. The van der Waals surface area contributed by atoms with Crippen LogP contribution in [0.15, 0.2) is 12.7 Å². The molecule has 0 amide bonds. The fourth-order valence-electron chi connectivity index (χ4n) is 2.50. The van der Waals surface area contributed by atoms with Gasteiger partial charge in [0.05, 0.1) is 17.6 Å². The van der Waals surface area contributed by atoms with Gasteiger partial charge in [-0.15, -0.1) is 6.58 Å². The average molecular weight is 557 g/mol. The Kier molecular flexibility index (Phi) is 23.5. The molecule has 10 heteroatoms. The van der Waals surface area contributed by atoms with Gasteiger partial charge in [0.25, 0.3) is 0 Å². The third kappa shape index (κ3) is 33.1. The maximum atomic E-state index is 6.36. The molecule has 0 aliphatic rings. The molecule has 0 aromatic carbocycles. The lowest BCUT2D eigenvalue weighted by atomic mass is 10.4. The standard InChI is InChI=1S/C11H30O2Si3.C7H22O2Si3.C4H8/c1-8-9-10-16(7,12-11-14(2)3)13-15(4,5)6;1-10(2)7-8-11(3)9-12(4,5)6;1-3-4-2/h14H,8-11H2,1-7H3;10-11H,7H2,1-6H3;3H,1,4H2,2H3. The van der Waals surface area contributed by atoms with E-state index in [2.05, 4.69) is 99.0 Å². The molecule has 0 aromatic heterocycles. The second-order valence-electron chi connectivity index (χ2n) is 11.4. The minimum Gasteiger partial charge on any atom is -0.438 e. The van der Waals surface area contributed by atoms with Gasteiger partial charge in [-0.05, 0) is 64.8 Å². The van der Waals surface area contributed by atoms with Crippen LogP contribution in [0.25, 0.3) is 0 Å². The first-order valence-electron chi connectivity index (χ1n) is 12.7. The van der Waals surface area contributed by atoms with E-state index in [-0.39, 0.29) is 0 Å². The van der Waals surface area contributed by atoms with Crippen LogP contribution in [0.2, 0.25) is 84.6 Å². The van der Waals surface area contributed by atoms with Gasteiger partial charge in [0, 0.05) is 12.5 Å². The lowest BCUT2D eigenvalue weighted by molar-refractivity contribution is 0.280. The smallest absolute Gasteiger partial charge is 0.324 e. The molecule has 0 radical (unpaired) electrons. The van der Waals surface area contributed by atoms with Gasteiger partial charge in [-0.1, -0.05) is 59.0 Å². The summed E-state index contributed by atoms with van der Waals surface area (Å²) in [6.07, 6.45) is 7.40. The van der Waals surface area contributed by atoms with Crippen molar-refractivity contribution in [3.8, 4) is 0 Å². The maximum Gasteiger partial charge on any atom is 0.324 e. The number of rotatable bonds is 14. The lowest BCUT2D eigenvalue weighted by Crippen LogP contribution is -2.48. The van der Waals surface area contributed by atoms with Crippen LogP contribution < -0.4 is 0 Å². The third-order valence-electron chi connectivity index (χ3n) is 3.70. The SMILES string of the molecule is C=CCC.CCCC[Si](C)(OC[SiH](C)C)O[Si](C)(C)C.C[SiH](C)CO[SiH](C)O[Si](C)(C)C. The molecular formula is C22H60O4Si6. The maximum absolute atomic E-state index is 6.36. The van der Waals surface area contributed by atoms with E-state index in [1.165, 1.54) is 12.8 Å². The molecule has 0 aliphatic carbocycles. The molecule has 4 nitrogen and oxygen atoms in total. The third-order valence-corrected chi connectivity index (χ3v) is 17.1. The molecule has 0 saturated carbocycles. The first-order chi connectivity index (χ1) is 14.4. The second kappa shape index (κ2) is 20.1. The number of allylic oxidation sites excluding steroid dienone is 1. The molecule has 32 heavy (non-hydrogen) atoms. The quantitative estimate of drug-likeness (QED) is 0.169. The van der Waals surface area contributed by atoms with Crippen molar-refractivity contribution < 1.29 is 17.1 Å². The first kappa shape index (κ1) is 37.4. The molecule has 0 bridgehead atoms. The molecule has 2 unspecified atom stereocenters. The van der Waals surface area contributed by atoms with Gasteiger partial charge in [-0.25, -0.2) is 0 Å². The summed E-state index contributed by atoms with van der Waals surface area (Å²) in [4.78, 5) is 0. The van der Waals surface area contributed by atoms with Crippen LogP contribution >= 0.6 is 0 Å². The van der Waals surface area contributed by atoms with E-state index < -0.39 is 52.1 Å². The predicted octanol–water partition coefficient (Wildman–Crippen LogP) is 7.07. The highest BCUT2D eigenvalue weighted by atomic mass is 28.4. The Morgan fingerprint density at radius 1 is 0.781 bits per heavy atom. The summed E-state index contributed by atoms with van der Waals surface area (Å²) in [5.41, 5.74) is 0. The monoisotopic (exact) mass is 556 g/mol. The van der Waals surface area contributed by atoms with E-state index in [0.29, 0.717) is 0 Å². The van der Waals surface area contributed by atoms with E-state index in [4.69, 9.17) is 17.1 Å². The van der Waals surface area contributed by atoms with E-state index in [1.807, 2.05) is 6.08 Å². The second-order valence-corrected chi connectivity index (χ2v) is 32.4. The fraction of sp³-hybridized carbons (Fsp3) is 0.909. The summed E-state index contributed by atoms with van der Waals surface area (Å²) in [6.45, 7) is 34.9. The van der Waals surface area contributed by atoms with Crippen LogP contribution in [0.1, 0.15) is 33.1 Å². The van der Waals surface area contributed by atoms with Gasteiger partial charge >= 0.3 is 17.8 Å². The zero-order chi connectivity index (χ0) is 26.0. The van der Waals surface area contributed by atoms with Crippen molar-refractivity contribution in [2.45, 2.75) is 118 Å². The van der Waals surface area contributed by atoms with Crippen LogP contribution in [0.3, 0.4) is 0 Å². The van der Waals surface area contributed by atoms with E-state index >= 15 is 0 Å². The predicted molar refractivity (Wildman–Crippen MR) is 163 cm³/mol. The number of hydrogen-bond donors (Lipinski definition) is 0. The highest BCUT2D eigenvalue weighted by Crippen LogP contribution is 2.22. The van der Waals surface area contributed by atoms with Crippen molar-refractivity contribution in [1.29, 1.82) is 0 Å². The minimum atomic E-state index is -1.87. The zero-order valence-corrected chi connectivity index (χ0v) is 30.9. The van der Waals surface area contributed by atoms with Crippen molar-refractivity contribution in [3.05, 3.63) is 12.7 Å². The molecule has 0 heterocycles. The first-order valence-corrected chi connectivity index (χ1v) is 30.3. The Hall–Kier alpha value is 0.881. The topological polar surface area (TPSA) is 36.9 Å². The zero-order valence-electron chi connectivity index (χ0n) is 24.4. The summed E-state index contributed by atoms with van der Waals surface area (Å²) in [5, 5.41) is 0. The van der Waals surface area contributed by atoms with Gasteiger partial charge in [0.2, 0.25) is 0 Å². The highest BCUT2D eigenvalue weighted by Gasteiger charge is 2.36. The van der Waals surface area contributed by atoms with E-state index in [1.54, 1.807) is 0 Å². The lowest BCUT2D eigenvalue weighted by Gasteiger charge is -2.34. The number of hydrogen-bond acceptors (Lipinski definition) is 4. The van der Waals surface area contributed by atoms with Crippen LogP contribution in [0.5, 0.6) is 0 Å². The molecule has 0 aliphatic heterocycles. The molecule has 196 valence electrons. The number of unbranched alkanes of at least 4 members (excludes halogenated alkanes) is 1. The van der Waals surface area contributed by atoms with Crippen molar-refractivity contribution in [3.63, 3.8) is 0 Å². The molecule has 0 rings (SSSR count). The average Bonchev–Trinajstić information content (AvgIpc) is 2.61. The molecule has 0 spiro atoms. The van der Waals surface area contributed by atoms with Crippen molar-refractivity contribution in [1.82, 2.24) is 0 Å². The van der Waals surface area contributed by atoms with Gasteiger partial charge in [-0.2, -0.15) is 0 Å². The minimum absolute atomic E-state index is 0.547. The van der Waals surface area contributed by atoms with Crippen LogP contribution in [0, 0.1) is 0 Å². The summed E-state index contributed by atoms with van der Waals surface area (Å²) < 4.78 is 24.1. The Morgan fingerprint density at radius 3 is 1.56 bits per heavy atom. The van der Waals surface area contributed by atoms with Crippen molar-refractivity contribution in [2.24, 2.45) is 0 Å². The van der Waals surface area contributed by atoms with Crippen LogP contribution in [-0.4, -0.2) is 64.5 Å². The molecule has 0 saturated heterocycles. The Balaban J connectivity index is -0.000000462. The Bertz CT molecular complexity index is 439. The Labute approximate surface area is 211 Å². The van der Waals surface area contributed by atoms with Crippen molar-refractivity contribution >= 4 is 52.1 Å². The molecule has 0 N–H and O–H groups in total.